The maximum Gasteiger partial charge on any atom is 0.319 e. The lowest BCUT2D eigenvalue weighted by molar-refractivity contribution is -0.130. The molecular formula is C22H27N5O3. The summed E-state index contributed by atoms with van der Waals surface area (Å²) in [4.78, 5) is 40.3. The molecule has 8 nitrogen and oxygen atoms in total. The van der Waals surface area contributed by atoms with Crippen molar-refractivity contribution in [3.8, 4) is 0 Å². The minimum Gasteiger partial charge on any atom is -0.368 e. The van der Waals surface area contributed by atoms with E-state index >= 15 is 0 Å². The van der Waals surface area contributed by atoms with Gasteiger partial charge in [-0.05, 0) is 23.8 Å². The van der Waals surface area contributed by atoms with Crippen LogP contribution >= 0.6 is 0 Å². The van der Waals surface area contributed by atoms with Crippen LogP contribution in [-0.2, 0) is 16.0 Å². The molecule has 0 bridgehead atoms. The van der Waals surface area contributed by atoms with Gasteiger partial charge in [-0.1, -0.05) is 36.4 Å². The number of amides is 4. The number of nitrogens with one attached hydrogen (secondary N) is 3. The number of nitrogens with zero attached hydrogens (tertiary/aromatic N) is 2. The van der Waals surface area contributed by atoms with Crippen molar-refractivity contribution >= 4 is 29.2 Å². The van der Waals surface area contributed by atoms with Crippen molar-refractivity contribution < 1.29 is 14.4 Å². The van der Waals surface area contributed by atoms with Crippen LogP contribution in [0.3, 0.4) is 0 Å². The van der Waals surface area contributed by atoms with Crippen molar-refractivity contribution in [2.75, 3.05) is 50.0 Å². The summed E-state index contributed by atoms with van der Waals surface area (Å²) in [5.74, 6) is -0.258. The average Bonchev–Trinajstić information content (AvgIpc) is 2.79. The normalized spacial score (nSPS) is 13.5. The number of rotatable bonds is 6. The molecule has 1 saturated heterocycles. The molecule has 4 amide bonds. The summed E-state index contributed by atoms with van der Waals surface area (Å²) >= 11 is 0. The number of anilines is 2. The Balaban J connectivity index is 1.45. The fourth-order valence-electron chi connectivity index (χ4n) is 3.34. The molecule has 158 valence electrons. The van der Waals surface area contributed by atoms with Crippen molar-refractivity contribution in [1.29, 1.82) is 0 Å². The van der Waals surface area contributed by atoms with Crippen molar-refractivity contribution in [2.45, 2.75) is 6.42 Å². The molecule has 8 heteroatoms. The quantitative estimate of drug-likeness (QED) is 0.673. The Bertz CT molecular complexity index is 879. The van der Waals surface area contributed by atoms with Gasteiger partial charge < -0.3 is 25.8 Å². The first-order valence-electron chi connectivity index (χ1n) is 9.98. The second kappa shape index (κ2) is 10.3. The first kappa shape index (κ1) is 21.2. The number of piperazine rings is 1. The van der Waals surface area contributed by atoms with Gasteiger partial charge in [-0.2, -0.15) is 0 Å². The molecular weight excluding hydrogens is 382 g/mol. The zero-order valence-corrected chi connectivity index (χ0v) is 17.1. The molecule has 1 fully saturated rings. The fourth-order valence-corrected chi connectivity index (χ4v) is 3.34. The number of hydrogen-bond acceptors (Lipinski definition) is 4. The van der Waals surface area contributed by atoms with Crippen LogP contribution in [0.4, 0.5) is 16.2 Å². The van der Waals surface area contributed by atoms with Gasteiger partial charge in [0.15, 0.2) is 0 Å². The summed E-state index contributed by atoms with van der Waals surface area (Å²) in [5, 5.41) is 7.89. The van der Waals surface area contributed by atoms with Gasteiger partial charge in [-0.3, -0.25) is 9.59 Å². The molecule has 3 rings (SSSR count). The van der Waals surface area contributed by atoms with E-state index in [1.54, 1.807) is 36.2 Å². The van der Waals surface area contributed by atoms with Crippen LogP contribution < -0.4 is 20.9 Å². The molecule has 0 atom stereocenters. The van der Waals surface area contributed by atoms with Crippen LogP contribution in [0.25, 0.3) is 0 Å². The number of para-hydroxylation sites is 2. The molecule has 0 aromatic heterocycles. The largest absolute Gasteiger partial charge is 0.368 e. The van der Waals surface area contributed by atoms with E-state index in [0.29, 0.717) is 24.3 Å². The Hall–Kier alpha value is -3.55. The van der Waals surface area contributed by atoms with Gasteiger partial charge in [0.2, 0.25) is 11.8 Å². The maximum absolute atomic E-state index is 12.5. The van der Waals surface area contributed by atoms with Crippen LogP contribution in [0.5, 0.6) is 0 Å². The van der Waals surface area contributed by atoms with Gasteiger partial charge in [0.25, 0.3) is 0 Å². The van der Waals surface area contributed by atoms with E-state index in [0.717, 1.165) is 18.8 Å². The lowest BCUT2D eigenvalue weighted by Gasteiger charge is -2.36. The fraction of sp³-hybridized carbons (Fsp3) is 0.318. The summed E-state index contributed by atoms with van der Waals surface area (Å²) < 4.78 is 0. The Morgan fingerprint density at radius 1 is 0.900 bits per heavy atom. The predicted molar refractivity (Wildman–Crippen MR) is 116 cm³/mol. The van der Waals surface area contributed by atoms with E-state index in [1.807, 2.05) is 18.2 Å². The highest BCUT2D eigenvalue weighted by molar-refractivity contribution is 5.93. The molecule has 0 unspecified atom stereocenters. The highest BCUT2D eigenvalue weighted by Gasteiger charge is 2.21. The minimum atomic E-state index is -0.476. The van der Waals surface area contributed by atoms with Gasteiger partial charge in [0.1, 0.15) is 0 Å². The molecule has 0 radical (unpaired) electrons. The first-order chi connectivity index (χ1) is 14.6. The number of benzene rings is 2. The lowest BCUT2D eigenvalue weighted by Crippen LogP contribution is -2.51. The Morgan fingerprint density at radius 2 is 1.57 bits per heavy atom. The Morgan fingerprint density at radius 3 is 2.27 bits per heavy atom. The second-order valence-corrected chi connectivity index (χ2v) is 7.02. The van der Waals surface area contributed by atoms with E-state index in [2.05, 4.69) is 33.0 Å². The number of carbonyl (C=O) groups is 3. The third-order valence-electron chi connectivity index (χ3n) is 5.05. The number of hydrogen-bond donors (Lipinski definition) is 3. The average molecular weight is 409 g/mol. The van der Waals surface area contributed by atoms with Crippen molar-refractivity contribution in [3.63, 3.8) is 0 Å². The molecule has 1 heterocycles. The topological polar surface area (TPSA) is 93.8 Å². The lowest BCUT2D eigenvalue weighted by atomic mass is 10.1. The van der Waals surface area contributed by atoms with Gasteiger partial charge in [0.05, 0.1) is 13.0 Å². The number of likely N-dealkylation sites (N-methyl/N-ethyl adjacent to an activating group) is 1. The minimum absolute atomic E-state index is 0.0746. The van der Waals surface area contributed by atoms with Gasteiger partial charge >= 0.3 is 6.03 Å². The number of carbonyl (C=O) groups excluding carboxylic acids is 3. The van der Waals surface area contributed by atoms with Crippen molar-refractivity contribution in [3.05, 3.63) is 60.2 Å². The molecule has 3 N–H and O–H groups in total. The zero-order chi connectivity index (χ0) is 21.3. The van der Waals surface area contributed by atoms with E-state index in [1.165, 1.54) is 0 Å². The van der Waals surface area contributed by atoms with Crippen LogP contribution in [0.2, 0.25) is 0 Å². The molecule has 0 spiro atoms. The van der Waals surface area contributed by atoms with Crippen LogP contribution in [0.15, 0.2) is 54.6 Å². The predicted octanol–water partition coefficient (Wildman–Crippen LogP) is 1.45. The molecule has 0 saturated carbocycles. The molecule has 1 aliphatic heterocycles. The third-order valence-corrected chi connectivity index (χ3v) is 5.05. The first-order valence-corrected chi connectivity index (χ1v) is 9.98. The monoisotopic (exact) mass is 409 g/mol. The smallest absolute Gasteiger partial charge is 0.319 e. The third kappa shape index (κ3) is 5.73. The molecule has 1 aliphatic rings. The summed E-state index contributed by atoms with van der Waals surface area (Å²) in [6.07, 6.45) is 0.164. The van der Waals surface area contributed by atoms with Crippen LogP contribution in [-0.4, -0.2) is 62.5 Å². The zero-order valence-electron chi connectivity index (χ0n) is 17.1. The second-order valence-electron chi connectivity index (χ2n) is 7.02. The maximum atomic E-state index is 12.5. The summed E-state index contributed by atoms with van der Waals surface area (Å²) in [6.45, 7) is 2.68. The van der Waals surface area contributed by atoms with E-state index in [-0.39, 0.29) is 24.8 Å². The van der Waals surface area contributed by atoms with Gasteiger partial charge in [0, 0.05) is 44.6 Å². The standard InChI is InChI=1S/C22H27N5O3/c1-23-20(28)15-17-7-5-6-10-19(17)25-22(30)24-16-21(29)27-13-11-26(12-14-27)18-8-3-2-4-9-18/h2-10H,11-16H2,1H3,(H,23,28)(H2,24,25,30). The number of urea groups is 1. The van der Waals surface area contributed by atoms with Crippen LogP contribution in [0.1, 0.15) is 5.56 Å². The summed E-state index contributed by atoms with van der Waals surface area (Å²) in [7, 11) is 1.57. The van der Waals surface area contributed by atoms with Crippen molar-refractivity contribution in [1.82, 2.24) is 15.5 Å². The van der Waals surface area contributed by atoms with Crippen molar-refractivity contribution in [2.24, 2.45) is 0 Å². The summed E-state index contributed by atoms with van der Waals surface area (Å²) in [5.41, 5.74) is 2.40. The highest BCUT2D eigenvalue weighted by Crippen LogP contribution is 2.16. The molecule has 2 aromatic rings. The molecule has 2 aromatic carbocycles. The summed E-state index contributed by atoms with van der Waals surface area (Å²) in [6, 6.07) is 16.7. The van der Waals surface area contributed by atoms with E-state index < -0.39 is 6.03 Å². The van der Waals surface area contributed by atoms with E-state index in [4.69, 9.17) is 0 Å². The highest BCUT2D eigenvalue weighted by atomic mass is 16.2. The SMILES string of the molecule is CNC(=O)Cc1ccccc1NC(=O)NCC(=O)N1CCN(c2ccccc2)CC1. The van der Waals surface area contributed by atoms with Gasteiger partial charge in [-0.15, -0.1) is 0 Å². The van der Waals surface area contributed by atoms with Gasteiger partial charge in [-0.25, -0.2) is 4.79 Å². The Labute approximate surface area is 176 Å². The van der Waals surface area contributed by atoms with E-state index in [9.17, 15) is 14.4 Å². The molecule has 0 aliphatic carbocycles. The Kier molecular flexibility index (Phi) is 7.26. The van der Waals surface area contributed by atoms with Crippen LogP contribution in [0, 0.1) is 0 Å². The molecule has 30 heavy (non-hydrogen) atoms.